The lowest BCUT2D eigenvalue weighted by Crippen LogP contribution is -2.36. The van der Waals surface area contributed by atoms with Crippen LogP contribution in [0, 0.1) is 11.3 Å². The maximum atomic E-state index is 7.00. The van der Waals surface area contributed by atoms with Gasteiger partial charge in [0, 0.05) is 38.8 Å². The van der Waals surface area contributed by atoms with Crippen LogP contribution in [0.3, 0.4) is 0 Å². The predicted octanol–water partition coefficient (Wildman–Crippen LogP) is 13.1. The van der Waals surface area contributed by atoms with Crippen molar-refractivity contribution < 1.29 is 9.15 Å². The Labute approximate surface area is 335 Å². The first-order valence-corrected chi connectivity index (χ1v) is 20.0. The minimum absolute atomic E-state index is 0.170. The normalized spacial score (nSPS) is 22.3. The van der Waals surface area contributed by atoms with Crippen LogP contribution in [-0.2, 0) is 4.74 Å². The van der Waals surface area contributed by atoms with Crippen molar-refractivity contribution in [1.82, 2.24) is 15.0 Å². The number of benzene rings is 7. The molecule has 0 radical (unpaired) electrons. The van der Waals surface area contributed by atoms with E-state index in [1.165, 1.54) is 37.9 Å². The van der Waals surface area contributed by atoms with Crippen LogP contribution < -0.4 is 0 Å². The highest BCUT2D eigenvalue weighted by Crippen LogP contribution is 2.57. The van der Waals surface area contributed by atoms with Crippen LogP contribution in [-0.4, -0.2) is 26.7 Å². The number of hydrogen-bond donors (Lipinski definition) is 0. The molecule has 1 saturated heterocycles. The molecule has 4 atom stereocenters. The molecule has 5 nitrogen and oxygen atoms in total. The van der Waals surface area contributed by atoms with Crippen molar-refractivity contribution in [3.8, 4) is 33.9 Å². The van der Waals surface area contributed by atoms with Crippen LogP contribution in [0.4, 0.5) is 0 Å². The van der Waals surface area contributed by atoms with E-state index >= 15 is 0 Å². The van der Waals surface area contributed by atoms with Gasteiger partial charge >= 0.3 is 0 Å². The van der Waals surface area contributed by atoms with E-state index in [1.54, 1.807) is 0 Å². The average Bonchev–Trinajstić information content (AvgIpc) is 3.77. The van der Waals surface area contributed by atoms with Crippen LogP contribution in [0.15, 0.2) is 180 Å². The van der Waals surface area contributed by atoms with E-state index in [-0.39, 0.29) is 17.4 Å². The van der Waals surface area contributed by atoms with Gasteiger partial charge in [-0.2, -0.15) is 0 Å². The Morgan fingerprint density at radius 2 is 1.29 bits per heavy atom. The van der Waals surface area contributed by atoms with E-state index < -0.39 is 5.60 Å². The predicted molar refractivity (Wildman–Crippen MR) is 236 cm³/mol. The molecule has 5 heteroatoms. The molecule has 0 amide bonds. The zero-order valence-corrected chi connectivity index (χ0v) is 32.1. The number of allylic oxidation sites excluding steroid dienone is 4. The number of rotatable bonds is 4. The lowest BCUT2D eigenvalue weighted by atomic mass is 9.65. The third-order valence-electron chi connectivity index (χ3n) is 12.8. The van der Waals surface area contributed by atoms with Crippen molar-refractivity contribution in [2.24, 2.45) is 11.3 Å². The topological polar surface area (TPSA) is 61.0 Å². The maximum absolute atomic E-state index is 7.00. The summed E-state index contributed by atoms with van der Waals surface area (Å²) < 4.78 is 13.6. The van der Waals surface area contributed by atoms with Gasteiger partial charge in [0.2, 0.25) is 0 Å². The van der Waals surface area contributed by atoms with Crippen molar-refractivity contribution in [3.05, 3.63) is 182 Å². The summed E-state index contributed by atoms with van der Waals surface area (Å²) in [6.45, 7) is 4.47. The third-order valence-corrected chi connectivity index (χ3v) is 12.8. The smallest absolute Gasteiger partial charge is 0.164 e. The molecule has 0 N–H and O–H groups in total. The van der Waals surface area contributed by atoms with E-state index in [2.05, 4.69) is 160 Å². The van der Waals surface area contributed by atoms with Crippen molar-refractivity contribution >= 4 is 59.8 Å². The SMILES string of the molecule is CC12C=CC=CC1C1(C)C=CC=C(c3nc(-c4ccccc4)nc(-c4cccc5oc6ccc(-c7cc8c9ccccc9ccc8c8ccccc78)cc6c45)n3)C1O2. The number of ether oxygens (including phenoxy) is 1. The highest BCUT2D eigenvalue weighted by molar-refractivity contribution is 6.21. The van der Waals surface area contributed by atoms with Gasteiger partial charge in [0.15, 0.2) is 17.5 Å². The zero-order chi connectivity index (χ0) is 38.6. The molecule has 3 heterocycles. The molecule has 2 aromatic heterocycles. The number of nitrogens with zero attached hydrogens (tertiary/aromatic N) is 3. The summed E-state index contributed by atoms with van der Waals surface area (Å²) >= 11 is 0. The number of furan rings is 1. The van der Waals surface area contributed by atoms with Gasteiger partial charge in [-0.1, -0.05) is 159 Å². The molecule has 0 saturated carbocycles. The molecule has 1 fully saturated rings. The number of aromatic nitrogens is 3. The Morgan fingerprint density at radius 1 is 0.517 bits per heavy atom. The largest absolute Gasteiger partial charge is 0.456 e. The van der Waals surface area contributed by atoms with Crippen molar-refractivity contribution in [1.29, 1.82) is 0 Å². The molecule has 7 aromatic carbocycles. The van der Waals surface area contributed by atoms with Crippen molar-refractivity contribution in [2.45, 2.75) is 25.6 Å². The Morgan fingerprint density at radius 3 is 2.19 bits per heavy atom. The van der Waals surface area contributed by atoms with Gasteiger partial charge in [0.25, 0.3) is 0 Å². The Balaban J connectivity index is 1.07. The van der Waals surface area contributed by atoms with E-state index in [0.29, 0.717) is 17.5 Å². The van der Waals surface area contributed by atoms with E-state index in [4.69, 9.17) is 24.1 Å². The molecule has 9 aromatic rings. The Kier molecular flexibility index (Phi) is 7.03. The van der Waals surface area contributed by atoms with Crippen LogP contribution >= 0.6 is 0 Å². The molecule has 4 unspecified atom stereocenters. The summed E-state index contributed by atoms with van der Waals surface area (Å²) in [7, 11) is 0. The van der Waals surface area contributed by atoms with E-state index in [0.717, 1.165) is 44.2 Å². The summed E-state index contributed by atoms with van der Waals surface area (Å²) in [5.74, 6) is 1.98. The fraction of sp³-hybridized carbons (Fsp3) is 0.113. The summed E-state index contributed by atoms with van der Waals surface area (Å²) in [6, 6.07) is 47.1. The second-order valence-electron chi connectivity index (χ2n) is 16.3. The molecule has 1 aliphatic heterocycles. The van der Waals surface area contributed by atoms with Gasteiger partial charge in [-0.05, 0) is 74.6 Å². The summed E-state index contributed by atoms with van der Waals surface area (Å²) in [6.07, 6.45) is 15.0. The lowest BCUT2D eigenvalue weighted by Gasteiger charge is -2.35. The van der Waals surface area contributed by atoms with Crippen LogP contribution in [0.2, 0.25) is 0 Å². The maximum Gasteiger partial charge on any atom is 0.164 e. The first-order valence-electron chi connectivity index (χ1n) is 20.0. The van der Waals surface area contributed by atoms with Crippen molar-refractivity contribution in [3.63, 3.8) is 0 Å². The minimum atomic E-state index is -0.442. The fourth-order valence-corrected chi connectivity index (χ4v) is 10.0. The van der Waals surface area contributed by atoms with Gasteiger partial charge in [0.1, 0.15) is 11.2 Å². The second-order valence-corrected chi connectivity index (χ2v) is 16.3. The first-order chi connectivity index (χ1) is 28.4. The molecular formula is C53H37N3O2. The Bertz CT molecular complexity index is 3320. The summed E-state index contributed by atoms with van der Waals surface area (Å²) in [5.41, 5.74) is 5.92. The van der Waals surface area contributed by atoms with Crippen LogP contribution in [0.25, 0.3) is 93.7 Å². The second kappa shape index (κ2) is 12.3. The molecule has 2 aliphatic carbocycles. The fourth-order valence-electron chi connectivity index (χ4n) is 10.0. The van der Waals surface area contributed by atoms with Crippen LogP contribution in [0.5, 0.6) is 0 Å². The molecule has 0 bridgehead atoms. The highest BCUT2D eigenvalue weighted by Gasteiger charge is 2.58. The minimum Gasteiger partial charge on any atom is -0.456 e. The van der Waals surface area contributed by atoms with Gasteiger partial charge in [-0.15, -0.1) is 0 Å². The van der Waals surface area contributed by atoms with Crippen LogP contribution in [0.1, 0.15) is 19.7 Å². The monoisotopic (exact) mass is 747 g/mol. The Hall–Kier alpha value is -6.95. The molecule has 12 rings (SSSR count). The van der Waals surface area contributed by atoms with Gasteiger partial charge in [0.05, 0.1) is 11.7 Å². The lowest BCUT2D eigenvalue weighted by molar-refractivity contribution is 0.0145. The first kappa shape index (κ1) is 33.2. The van der Waals surface area contributed by atoms with Crippen molar-refractivity contribution in [2.75, 3.05) is 0 Å². The third kappa shape index (κ3) is 4.83. The number of hydrogen-bond acceptors (Lipinski definition) is 5. The quantitative estimate of drug-likeness (QED) is 0.168. The summed E-state index contributed by atoms with van der Waals surface area (Å²) in [4.78, 5) is 15.7. The van der Waals surface area contributed by atoms with E-state index in [1.807, 2.05) is 30.3 Å². The average molecular weight is 748 g/mol. The molecule has 276 valence electrons. The van der Waals surface area contributed by atoms with E-state index in [9.17, 15) is 0 Å². The molecule has 3 aliphatic rings. The van der Waals surface area contributed by atoms with Gasteiger partial charge in [-0.25, -0.2) is 15.0 Å². The molecule has 0 spiro atoms. The van der Waals surface area contributed by atoms with Gasteiger partial charge < -0.3 is 9.15 Å². The standard InChI is InChI=1S/C53H37N3O2/c1-52-28-13-21-40(48(52)58-53(2)29-11-10-23-46(52)53)51-55-49(33-15-4-3-5-16-33)54-50(56-51)39-20-12-22-45-47(39)43-30-34(25-27-44(43)57-45)41-31-42-35-17-7-6-14-32(35)24-26-38(42)36-18-8-9-19-37(36)41/h3-31,46,48H,1-2H3. The van der Waals surface area contributed by atoms with Gasteiger partial charge in [-0.3, -0.25) is 0 Å². The summed E-state index contributed by atoms with van der Waals surface area (Å²) in [5, 5.41) is 9.40. The zero-order valence-electron chi connectivity index (χ0n) is 32.1. The molecule has 58 heavy (non-hydrogen) atoms. The molecular weight excluding hydrogens is 711 g/mol. The highest BCUT2D eigenvalue weighted by atomic mass is 16.5. The number of fused-ring (bicyclic) bond motifs is 11.